The molecule has 1 saturated heterocycles. The number of aromatic hydroxyl groups is 3. The van der Waals surface area contributed by atoms with Gasteiger partial charge >= 0.3 is 0 Å². The zero-order valence-corrected chi connectivity index (χ0v) is 15.2. The van der Waals surface area contributed by atoms with E-state index in [1.54, 1.807) is 0 Å². The van der Waals surface area contributed by atoms with Gasteiger partial charge in [0.2, 0.25) is 11.7 Å². The second-order valence-corrected chi connectivity index (χ2v) is 6.87. The number of aliphatic hydroxyl groups excluding tert-OH is 4. The van der Waals surface area contributed by atoms with Gasteiger partial charge in [-0.3, -0.25) is 4.79 Å². The molecule has 7 N–H and O–H groups in total. The third kappa shape index (κ3) is 3.09. The van der Waals surface area contributed by atoms with E-state index in [2.05, 4.69) is 0 Å². The van der Waals surface area contributed by atoms with Crippen LogP contribution < -0.4 is 10.2 Å². The van der Waals surface area contributed by atoms with Gasteiger partial charge in [0, 0.05) is 12.1 Å². The van der Waals surface area contributed by atoms with Crippen LogP contribution in [0.15, 0.2) is 33.5 Å². The van der Waals surface area contributed by atoms with Gasteiger partial charge in [0.1, 0.15) is 57.9 Å². The number of hydrogen-bond donors (Lipinski definition) is 7. The van der Waals surface area contributed by atoms with Crippen LogP contribution in [0.25, 0.3) is 21.9 Å². The molecule has 1 fully saturated rings. The van der Waals surface area contributed by atoms with Crippen molar-refractivity contribution in [1.82, 2.24) is 0 Å². The lowest BCUT2D eigenvalue weighted by atomic mass is 9.99. The number of aliphatic hydroxyl groups is 4. The van der Waals surface area contributed by atoms with Crippen LogP contribution in [0.3, 0.4) is 0 Å². The molecule has 160 valence electrons. The molecule has 0 amide bonds. The molecule has 2 heterocycles. The molecule has 0 unspecified atom stereocenters. The third-order valence-corrected chi connectivity index (χ3v) is 4.93. The summed E-state index contributed by atoms with van der Waals surface area (Å²) in [7, 11) is 0. The quantitative estimate of drug-likeness (QED) is 0.207. The minimum Gasteiger partial charge on any atom is -0.508 e. The number of hydrogen-bond acceptors (Lipinski definition) is 11. The molecule has 1 aliphatic rings. The number of phenols is 3. The van der Waals surface area contributed by atoms with Crippen molar-refractivity contribution in [3.63, 3.8) is 0 Å². The Morgan fingerprint density at radius 2 is 1.67 bits per heavy atom. The summed E-state index contributed by atoms with van der Waals surface area (Å²) in [5, 5.41) is 68.4. The summed E-state index contributed by atoms with van der Waals surface area (Å²) >= 11 is 0. The molecule has 4 rings (SSSR count). The minimum atomic E-state index is -1.76. The van der Waals surface area contributed by atoms with Gasteiger partial charge in [0.15, 0.2) is 11.5 Å². The Bertz CT molecular complexity index is 1170. The fourth-order valence-electron chi connectivity index (χ4n) is 3.37. The summed E-state index contributed by atoms with van der Waals surface area (Å²) in [5.41, 5.74) is -0.997. The molecule has 11 heteroatoms. The van der Waals surface area contributed by atoms with E-state index in [1.807, 2.05) is 0 Å². The van der Waals surface area contributed by atoms with Gasteiger partial charge in [-0.1, -0.05) is 0 Å². The summed E-state index contributed by atoms with van der Waals surface area (Å²) in [5.74, 6) is -1.96. The smallest absolute Gasteiger partial charge is 0.229 e. The third-order valence-electron chi connectivity index (χ3n) is 4.93. The normalized spacial score (nSPS) is 26.9. The molecule has 2 aromatic carbocycles. The molecule has 11 nitrogen and oxygen atoms in total. The number of phenolic OH excluding ortho intramolecular Hbond substituents is 3. The van der Waals surface area contributed by atoms with Gasteiger partial charge in [0.05, 0.1) is 6.61 Å². The molecule has 30 heavy (non-hydrogen) atoms. The van der Waals surface area contributed by atoms with Crippen molar-refractivity contribution in [2.45, 2.75) is 30.7 Å². The fourth-order valence-corrected chi connectivity index (χ4v) is 3.37. The largest absolute Gasteiger partial charge is 0.508 e. The Balaban J connectivity index is 1.87. The summed E-state index contributed by atoms with van der Waals surface area (Å²) in [6.45, 7) is -0.689. The lowest BCUT2D eigenvalue weighted by molar-refractivity contribution is -0.277. The summed E-state index contributed by atoms with van der Waals surface area (Å²) < 4.78 is 16.3. The maximum atomic E-state index is 13.0. The summed E-state index contributed by atoms with van der Waals surface area (Å²) in [6, 6.07) is 4.53. The molecule has 5 atom stereocenters. The van der Waals surface area contributed by atoms with Gasteiger partial charge in [-0.15, -0.1) is 0 Å². The molecule has 0 saturated carbocycles. The Morgan fingerprint density at radius 1 is 0.933 bits per heavy atom. The van der Waals surface area contributed by atoms with Crippen LogP contribution in [0.4, 0.5) is 0 Å². The van der Waals surface area contributed by atoms with E-state index in [0.717, 1.165) is 18.2 Å². The van der Waals surface area contributed by atoms with Crippen LogP contribution in [0.5, 0.6) is 23.0 Å². The molecule has 0 radical (unpaired) electrons. The first-order valence-electron chi connectivity index (χ1n) is 8.84. The van der Waals surface area contributed by atoms with Crippen LogP contribution in [0.1, 0.15) is 0 Å². The number of benzene rings is 2. The monoisotopic (exact) mass is 422 g/mol. The van der Waals surface area contributed by atoms with E-state index in [4.69, 9.17) is 13.9 Å². The fraction of sp³-hybridized carbons (Fsp3) is 0.316. The molecule has 0 bridgehead atoms. The Kier molecular flexibility index (Phi) is 4.92. The van der Waals surface area contributed by atoms with Crippen LogP contribution in [-0.4, -0.2) is 73.1 Å². The van der Waals surface area contributed by atoms with Crippen molar-refractivity contribution in [3.05, 3.63) is 34.5 Å². The number of ether oxygens (including phenoxy) is 2. The van der Waals surface area contributed by atoms with Crippen LogP contribution in [0.2, 0.25) is 0 Å². The van der Waals surface area contributed by atoms with Crippen molar-refractivity contribution < 1.29 is 49.6 Å². The Hall–Kier alpha value is -3.09. The Labute approximate surface area is 167 Å². The van der Waals surface area contributed by atoms with Crippen molar-refractivity contribution in [2.24, 2.45) is 0 Å². The SMILES string of the molecule is O=c1c2c(O[C@@H]3O[C@H](CO)[C@@H](O)[C@H](O)[C@H]3O)cc(O)cc2oc2ccc(O)c(O)c12. The highest BCUT2D eigenvalue weighted by molar-refractivity contribution is 5.97. The topological polar surface area (TPSA) is 190 Å². The highest BCUT2D eigenvalue weighted by atomic mass is 16.7. The standard InChI is InChI=1S/C19H18O11/c20-5-11-15(24)17(26)18(27)19(30-11)29-10-4-6(21)3-9-12(10)16(25)13-8(28-9)2-1-7(22)14(13)23/h1-4,11,15,17-24,26-27H,5H2/t11-,15-,17+,18-,19-/m1/s1. The second kappa shape index (κ2) is 7.31. The molecule has 1 aliphatic heterocycles. The molecular formula is C19H18O11. The van der Waals surface area contributed by atoms with Gasteiger partial charge < -0.3 is 49.6 Å². The first-order valence-corrected chi connectivity index (χ1v) is 8.84. The van der Waals surface area contributed by atoms with Crippen LogP contribution in [-0.2, 0) is 4.74 Å². The molecule has 3 aromatic rings. The highest BCUT2D eigenvalue weighted by Crippen LogP contribution is 2.37. The number of fused-ring (bicyclic) bond motifs is 2. The average molecular weight is 422 g/mol. The maximum Gasteiger partial charge on any atom is 0.229 e. The highest BCUT2D eigenvalue weighted by Gasteiger charge is 2.45. The predicted octanol–water partition coefficient (Wildman–Crippen LogP) is -0.758. The van der Waals surface area contributed by atoms with Crippen LogP contribution in [0, 0.1) is 0 Å². The Morgan fingerprint density at radius 3 is 2.37 bits per heavy atom. The molecule has 0 aliphatic carbocycles. The van der Waals surface area contributed by atoms with Crippen molar-refractivity contribution in [2.75, 3.05) is 6.61 Å². The zero-order chi connectivity index (χ0) is 21.7. The van der Waals surface area contributed by atoms with E-state index in [9.17, 15) is 40.5 Å². The second-order valence-electron chi connectivity index (χ2n) is 6.87. The lowest BCUT2D eigenvalue weighted by Crippen LogP contribution is -2.60. The van der Waals surface area contributed by atoms with E-state index >= 15 is 0 Å². The van der Waals surface area contributed by atoms with Crippen molar-refractivity contribution >= 4 is 21.9 Å². The maximum absolute atomic E-state index is 13.0. The minimum absolute atomic E-state index is 0.0628. The summed E-state index contributed by atoms with van der Waals surface area (Å²) in [6.07, 6.45) is -7.97. The molecular weight excluding hydrogens is 404 g/mol. The first kappa shape index (κ1) is 20.2. The van der Waals surface area contributed by atoms with Crippen molar-refractivity contribution in [1.29, 1.82) is 0 Å². The van der Waals surface area contributed by atoms with Gasteiger partial charge in [-0.25, -0.2) is 0 Å². The van der Waals surface area contributed by atoms with E-state index in [-0.39, 0.29) is 33.4 Å². The van der Waals surface area contributed by atoms with Crippen LogP contribution >= 0.6 is 0 Å². The van der Waals surface area contributed by atoms with Gasteiger partial charge in [-0.05, 0) is 12.1 Å². The van der Waals surface area contributed by atoms with Gasteiger partial charge in [0.25, 0.3) is 0 Å². The van der Waals surface area contributed by atoms with Crippen molar-refractivity contribution in [3.8, 4) is 23.0 Å². The van der Waals surface area contributed by atoms with E-state index in [0.29, 0.717) is 0 Å². The summed E-state index contributed by atoms with van der Waals surface area (Å²) in [4.78, 5) is 13.0. The van der Waals surface area contributed by atoms with E-state index < -0.39 is 54.2 Å². The average Bonchev–Trinajstić information content (AvgIpc) is 2.70. The predicted molar refractivity (Wildman–Crippen MR) is 99.4 cm³/mol. The molecule has 1 aromatic heterocycles. The molecule has 0 spiro atoms. The first-order chi connectivity index (χ1) is 14.2. The zero-order valence-electron chi connectivity index (χ0n) is 15.2. The lowest BCUT2D eigenvalue weighted by Gasteiger charge is -2.39. The van der Waals surface area contributed by atoms with E-state index in [1.165, 1.54) is 6.07 Å². The van der Waals surface area contributed by atoms with Gasteiger partial charge in [-0.2, -0.15) is 0 Å². The number of rotatable bonds is 3.